The maximum Gasteiger partial charge on any atom is 0.111 e. The number of aromatic nitrogens is 1. The normalized spacial score (nSPS) is 13.6. The van der Waals surface area contributed by atoms with Gasteiger partial charge in [-0.05, 0) is 11.5 Å². The molecule has 2 N–H and O–H groups in total. The first-order chi connectivity index (χ1) is 8.39. The number of halogens is 1. The first-order valence-corrected chi connectivity index (χ1v) is 7.53. The number of hydrogen-bond acceptors (Lipinski definition) is 3. The third-order valence-electron chi connectivity index (χ3n) is 2.87. The number of thiazole rings is 1. The van der Waals surface area contributed by atoms with E-state index >= 15 is 0 Å². The van der Waals surface area contributed by atoms with Crippen molar-refractivity contribution in [2.75, 3.05) is 0 Å². The van der Waals surface area contributed by atoms with Crippen molar-refractivity contribution < 1.29 is 0 Å². The fraction of sp³-hybridized carbons (Fsp3) is 0.357. The van der Waals surface area contributed by atoms with Crippen LogP contribution in [0.15, 0.2) is 34.1 Å². The van der Waals surface area contributed by atoms with Crippen molar-refractivity contribution in [3.8, 4) is 11.3 Å². The molecule has 18 heavy (non-hydrogen) atoms. The molecule has 1 heterocycles. The highest BCUT2D eigenvalue weighted by Gasteiger charge is 2.25. The molecule has 0 amide bonds. The van der Waals surface area contributed by atoms with Gasteiger partial charge in [-0.25, -0.2) is 4.98 Å². The summed E-state index contributed by atoms with van der Waals surface area (Å²) in [6.07, 6.45) is 0. The van der Waals surface area contributed by atoms with E-state index in [2.05, 4.69) is 53.1 Å². The van der Waals surface area contributed by atoms with Gasteiger partial charge in [0.15, 0.2) is 0 Å². The molecule has 0 radical (unpaired) electrons. The van der Waals surface area contributed by atoms with Gasteiger partial charge in [-0.1, -0.05) is 54.9 Å². The summed E-state index contributed by atoms with van der Waals surface area (Å²) in [6, 6.07) is 8.08. The summed E-state index contributed by atoms with van der Waals surface area (Å²) >= 11 is 5.18. The van der Waals surface area contributed by atoms with Gasteiger partial charge in [-0.3, -0.25) is 0 Å². The summed E-state index contributed by atoms with van der Waals surface area (Å²) in [5.41, 5.74) is 8.37. The van der Waals surface area contributed by atoms with Gasteiger partial charge in [0.2, 0.25) is 0 Å². The number of nitrogens with zero attached hydrogens (tertiary/aromatic N) is 1. The second-order valence-electron chi connectivity index (χ2n) is 5.39. The number of nitrogens with two attached hydrogens (primary N) is 1. The molecule has 1 aromatic carbocycles. The van der Waals surface area contributed by atoms with Crippen LogP contribution in [-0.2, 0) is 0 Å². The van der Waals surface area contributed by atoms with Gasteiger partial charge in [0.25, 0.3) is 0 Å². The molecule has 0 bridgehead atoms. The molecule has 0 saturated carbocycles. The molecular formula is C14H17BrN2S. The second-order valence-corrected chi connectivity index (χ2v) is 7.14. The lowest BCUT2D eigenvalue weighted by molar-refractivity contribution is 0.326. The van der Waals surface area contributed by atoms with E-state index in [0.29, 0.717) is 0 Å². The number of hydrogen-bond donors (Lipinski definition) is 1. The van der Waals surface area contributed by atoms with Crippen molar-refractivity contribution in [3.63, 3.8) is 0 Å². The van der Waals surface area contributed by atoms with E-state index < -0.39 is 0 Å². The number of rotatable bonds is 2. The molecule has 4 heteroatoms. The van der Waals surface area contributed by atoms with Crippen LogP contribution in [0.25, 0.3) is 11.3 Å². The lowest BCUT2D eigenvalue weighted by Crippen LogP contribution is -2.26. The summed E-state index contributed by atoms with van der Waals surface area (Å²) in [4.78, 5) is 4.67. The Kier molecular flexibility index (Phi) is 3.90. The minimum Gasteiger partial charge on any atom is -0.322 e. The van der Waals surface area contributed by atoms with Crippen molar-refractivity contribution in [1.82, 2.24) is 4.98 Å². The van der Waals surface area contributed by atoms with Crippen LogP contribution in [0, 0.1) is 5.41 Å². The molecular weight excluding hydrogens is 308 g/mol. The minimum atomic E-state index is -0.0289. The molecule has 1 aromatic heterocycles. The Bertz CT molecular complexity index is 543. The summed E-state index contributed by atoms with van der Waals surface area (Å²) in [6.45, 7) is 6.41. The molecule has 0 spiro atoms. The summed E-state index contributed by atoms with van der Waals surface area (Å²) in [7, 11) is 0. The SMILES string of the molecule is CC(C)(C)C(N)c1nc(-c2ccccc2Br)cs1. The molecule has 1 unspecified atom stereocenters. The van der Waals surface area contributed by atoms with Crippen LogP contribution in [-0.4, -0.2) is 4.98 Å². The van der Waals surface area contributed by atoms with Crippen molar-refractivity contribution >= 4 is 27.3 Å². The zero-order chi connectivity index (χ0) is 13.3. The molecule has 0 aliphatic heterocycles. The van der Waals surface area contributed by atoms with Crippen LogP contribution < -0.4 is 5.73 Å². The van der Waals surface area contributed by atoms with Crippen LogP contribution in [0.4, 0.5) is 0 Å². The average Bonchev–Trinajstić information content (AvgIpc) is 2.76. The molecule has 96 valence electrons. The highest BCUT2D eigenvalue weighted by atomic mass is 79.9. The second kappa shape index (κ2) is 5.11. The van der Waals surface area contributed by atoms with Gasteiger partial charge in [-0.2, -0.15) is 0 Å². The Labute approximate surface area is 120 Å². The number of benzene rings is 1. The van der Waals surface area contributed by atoms with Crippen molar-refractivity contribution in [2.24, 2.45) is 11.1 Å². The smallest absolute Gasteiger partial charge is 0.111 e. The Morgan fingerprint density at radius 3 is 2.56 bits per heavy atom. The topological polar surface area (TPSA) is 38.9 Å². The largest absolute Gasteiger partial charge is 0.322 e. The highest BCUT2D eigenvalue weighted by Crippen LogP contribution is 2.35. The van der Waals surface area contributed by atoms with Gasteiger partial charge < -0.3 is 5.73 Å². The Hall–Kier alpha value is -0.710. The highest BCUT2D eigenvalue weighted by molar-refractivity contribution is 9.10. The van der Waals surface area contributed by atoms with Crippen LogP contribution in [0.5, 0.6) is 0 Å². The lowest BCUT2D eigenvalue weighted by atomic mass is 9.88. The average molecular weight is 325 g/mol. The standard InChI is InChI=1S/C14H17BrN2S/c1-14(2,3)12(16)13-17-11(8-18-13)9-6-4-5-7-10(9)15/h4-8,12H,16H2,1-3H3. The van der Waals surface area contributed by atoms with Crippen LogP contribution >= 0.6 is 27.3 Å². The molecule has 0 aliphatic carbocycles. The maximum atomic E-state index is 6.24. The van der Waals surface area contributed by atoms with E-state index in [9.17, 15) is 0 Å². The molecule has 0 saturated heterocycles. The van der Waals surface area contributed by atoms with E-state index in [4.69, 9.17) is 5.73 Å². The molecule has 2 nitrogen and oxygen atoms in total. The zero-order valence-corrected chi connectivity index (χ0v) is 13.2. The van der Waals surface area contributed by atoms with E-state index in [1.165, 1.54) is 0 Å². The van der Waals surface area contributed by atoms with E-state index in [0.717, 1.165) is 20.7 Å². The summed E-state index contributed by atoms with van der Waals surface area (Å²) < 4.78 is 1.06. The maximum absolute atomic E-state index is 6.24. The third-order valence-corrected chi connectivity index (χ3v) is 4.49. The van der Waals surface area contributed by atoms with Gasteiger partial charge >= 0.3 is 0 Å². The molecule has 2 aromatic rings. The van der Waals surface area contributed by atoms with Crippen molar-refractivity contribution in [2.45, 2.75) is 26.8 Å². The van der Waals surface area contributed by atoms with E-state index in [-0.39, 0.29) is 11.5 Å². The van der Waals surface area contributed by atoms with Crippen molar-refractivity contribution in [1.29, 1.82) is 0 Å². The van der Waals surface area contributed by atoms with Gasteiger partial charge in [0.1, 0.15) is 5.01 Å². The fourth-order valence-electron chi connectivity index (χ4n) is 1.59. The van der Waals surface area contributed by atoms with E-state index in [1.54, 1.807) is 11.3 Å². The monoisotopic (exact) mass is 324 g/mol. The molecule has 1 atom stereocenters. The summed E-state index contributed by atoms with van der Waals surface area (Å²) in [5.74, 6) is 0. The Morgan fingerprint density at radius 2 is 1.94 bits per heavy atom. The first-order valence-electron chi connectivity index (χ1n) is 5.85. The van der Waals surface area contributed by atoms with Crippen molar-refractivity contribution in [3.05, 3.63) is 39.1 Å². The fourth-order valence-corrected chi connectivity index (χ4v) is 3.14. The Morgan fingerprint density at radius 1 is 1.28 bits per heavy atom. The first kappa shape index (κ1) is 13.7. The van der Waals surface area contributed by atoms with Crippen LogP contribution in [0.1, 0.15) is 31.8 Å². The van der Waals surface area contributed by atoms with Crippen LogP contribution in [0.3, 0.4) is 0 Å². The third kappa shape index (κ3) is 2.82. The van der Waals surface area contributed by atoms with Crippen LogP contribution in [0.2, 0.25) is 0 Å². The molecule has 2 rings (SSSR count). The summed E-state index contributed by atoms with van der Waals surface area (Å²) in [5, 5.41) is 3.06. The lowest BCUT2D eigenvalue weighted by Gasteiger charge is -2.24. The zero-order valence-electron chi connectivity index (χ0n) is 10.8. The molecule has 0 aliphatic rings. The van der Waals surface area contributed by atoms with Gasteiger partial charge in [-0.15, -0.1) is 11.3 Å². The van der Waals surface area contributed by atoms with E-state index in [1.807, 2.05) is 18.2 Å². The predicted octanol–water partition coefficient (Wildman–Crippen LogP) is 4.62. The minimum absolute atomic E-state index is 0.0289. The predicted molar refractivity (Wildman–Crippen MR) is 81.6 cm³/mol. The Balaban J connectivity index is 2.35. The van der Waals surface area contributed by atoms with Gasteiger partial charge in [0, 0.05) is 15.4 Å². The van der Waals surface area contributed by atoms with Gasteiger partial charge in [0.05, 0.1) is 11.7 Å². The quantitative estimate of drug-likeness (QED) is 0.875. The molecule has 0 fully saturated rings.